The Hall–Kier alpha value is -1.41. The van der Waals surface area contributed by atoms with Gasteiger partial charge in [-0.2, -0.15) is 13.2 Å². The largest absolute Gasteiger partial charge is 0.393 e. The van der Waals surface area contributed by atoms with Gasteiger partial charge < -0.3 is 4.98 Å². The SMILES string of the molecule is O=c1[nH]c(CN2CCC[C@H](C(F)(F)F)C2)nc2ccsc12. The zero-order valence-electron chi connectivity index (χ0n) is 11.1. The van der Waals surface area contributed by atoms with Crippen molar-refractivity contribution < 1.29 is 13.2 Å². The summed E-state index contributed by atoms with van der Waals surface area (Å²) in [7, 11) is 0. The number of rotatable bonds is 2. The molecule has 2 aromatic heterocycles. The van der Waals surface area contributed by atoms with Crippen molar-refractivity contribution in [3.63, 3.8) is 0 Å². The van der Waals surface area contributed by atoms with Crippen LogP contribution in [-0.4, -0.2) is 34.1 Å². The van der Waals surface area contributed by atoms with Gasteiger partial charge in [0.15, 0.2) is 0 Å². The van der Waals surface area contributed by atoms with Crippen LogP contribution in [0.2, 0.25) is 0 Å². The number of likely N-dealkylation sites (tertiary alicyclic amines) is 1. The molecule has 4 nitrogen and oxygen atoms in total. The van der Waals surface area contributed by atoms with E-state index >= 15 is 0 Å². The van der Waals surface area contributed by atoms with Crippen LogP contribution in [0.15, 0.2) is 16.2 Å². The van der Waals surface area contributed by atoms with Crippen molar-refractivity contribution >= 4 is 21.6 Å². The Balaban J connectivity index is 1.77. The monoisotopic (exact) mass is 317 g/mol. The fourth-order valence-corrected chi connectivity index (χ4v) is 3.40. The standard InChI is InChI=1S/C13H14F3N3OS/c14-13(15,16)8-2-1-4-19(6-8)7-10-17-9-3-5-21-11(9)12(20)18-10/h3,5,8H,1-2,4,6-7H2,(H,17,18,20)/t8-/m0/s1. The predicted octanol–water partition coefficient (Wildman–Crippen LogP) is 2.76. The Morgan fingerprint density at radius 2 is 2.29 bits per heavy atom. The molecule has 3 heterocycles. The van der Waals surface area contributed by atoms with Crippen LogP contribution < -0.4 is 5.56 Å². The van der Waals surface area contributed by atoms with E-state index in [1.807, 2.05) is 0 Å². The molecule has 0 unspecified atom stereocenters. The van der Waals surface area contributed by atoms with Crippen molar-refractivity contribution in [2.75, 3.05) is 13.1 Å². The third-order valence-electron chi connectivity index (χ3n) is 3.71. The number of nitrogens with one attached hydrogen (secondary N) is 1. The molecule has 2 aromatic rings. The number of nitrogens with zero attached hydrogens (tertiary/aromatic N) is 2. The molecule has 1 fully saturated rings. The minimum absolute atomic E-state index is 0.0329. The molecule has 1 aliphatic heterocycles. The Morgan fingerprint density at radius 3 is 3.05 bits per heavy atom. The lowest BCUT2D eigenvalue weighted by atomic mass is 9.97. The Morgan fingerprint density at radius 1 is 1.48 bits per heavy atom. The molecule has 0 bridgehead atoms. The van der Waals surface area contributed by atoms with Crippen molar-refractivity contribution in [1.29, 1.82) is 0 Å². The number of aromatic amines is 1. The maximum atomic E-state index is 12.8. The first kappa shape index (κ1) is 14.5. The van der Waals surface area contributed by atoms with E-state index < -0.39 is 12.1 Å². The summed E-state index contributed by atoms with van der Waals surface area (Å²) < 4.78 is 38.9. The zero-order chi connectivity index (χ0) is 15.0. The number of alkyl halides is 3. The highest BCUT2D eigenvalue weighted by molar-refractivity contribution is 7.17. The highest BCUT2D eigenvalue weighted by atomic mass is 32.1. The van der Waals surface area contributed by atoms with Crippen LogP contribution in [0.3, 0.4) is 0 Å². The summed E-state index contributed by atoms with van der Waals surface area (Å²) in [4.78, 5) is 20.5. The van der Waals surface area contributed by atoms with Gasteiger partial charge in [-0.3, -0.25) is 9.69 Å². The first-order chi connectivity index (χ1) is 9.93. The fraction of sp³-hybridized carbons (Fsp3) is 0.538. The Labute approximate surface area is 122 Å². The van der Waals surface area contributed by atoms with Crippen LogP contribution in [0.1, 0.15) is 18.7 Å². The van der Waals surface area contributed by atoms with Gasteiger partial charge in [-0.1, -0.05) is 0 Å². The molecule has 114 valence electrons. The lowest BCUT2D eigenvalue weighted by Crippen LogP contribution is -2.41. The van der Waals surface area contributed by atoms with Crippen molar-refractivity contribution in [1.82, 2.24) is 14.9 Å². The molecule has 21 heavy (non-hydrogen) atoms. The van der Waals surface area contributed by atoms with Crippen molar-refractivity contribution in [2.45, 2.75) is 25.6 Å². The van der Waals surface area contributed by atoms with E-state index in [-0.39, 0.29) is 25.1 Å². The second-order valence-electron chi connectivity index (χ2n) is 5.26. The first-order valence-corrected chi connectivity index (χ1v) is 7.57. The highest BCUT2D eigenvalue weighted by Crippen LogP contribution is 2.33. The van der Waals surface area contributed by atoms with E-state index in [1.165, 1.54) is 11.3 Å². The lowest BCUT2D eigenvalue weighted by molar-refractivity contribution is -0.187. The van der Waals surface area contributed by atoms with Crippen molar-refractivity contribution in [3.8, 4) is 0 Å². The average molecular weight is 317 g/mol. The lowest BCUT2D eigenvalue weighted by Gasteiger charge is -2.33. The van der Waals surface area contributed by atoms with E-state index in [9.17, 15) is 18.0 Å². The normalized spacial score (nSPS) is 21.0. The van der Waals surface area contributed by atoms with Crippen LogP contribution in [0.4, 0.5) is 13.2 Å². The highest BCUT2D eigenvalue weighted by Gasteiger charge is 2.41. The number of piperidine rings is 1. The molecule has 0 amide bonds. The second kappa shape index (κ2) is 5.42. The van der Waals surface area contributed by atoms with Gasteiger partial charge in [0, 0.05) is 6.54 Å². The average Bonchev–Trinajstić information content (AvgIpc) is 2.87. The van der Waals surface area contributed by atoms with E-state index in [4.69, 9.17) is 0 Å². The molecule has 1 atom stereocenters. The van der Waals surface area contributed by atoms with Crippen LogP contribution in [-0.2, 0) is 6.54 Å². The number of thiophene rings is 1. The minimum atomic E-state index is -4.16. The quantitative estimate of drug-likeness (QED) is 0.926. The summed E-state index contributed by atoms with van der Waals surface area (Å²) in [5, 5.41) is 1.78. The maximum absolute atomic E-state index is 12.8. The molecule has 0 radical (unpaired) electrons. The molecule has 3 rings (SSSR count). The number of fused-ring (bicyclic) bond motifs is 1. The van der Waals surface area contributed by atoms with E-state index in [2.05, 4.69) is 9.97 Å². The number of aromatic nitrogens is 2. The molecule has 8 heteroatoms. The van der Waals surface area contributed by atoms with Gasteiger partial charge in [0.05, 0.1) is 18.0 Å². The fourth-order valence-electron chi connectivity index (χ4n) is 2.67. The number of hydrogen-bond donors (Lipinski definition) is 1. The third-order valence-corrected chi connectivity index (χ3v) is 4.61. The molecule has 1 aliphatic rings. The maximum Gasteiger partial charge on any atom is 0.393 e. The summed E-state index contributed by atoms with van der Waals surface area (Å²) in [6.07, 6.45) is -3.47. The van der Waals surface area contributed by atoms with Crippen LogP contribution in [0.25, 0.3) is 10.2 Å². The van der Waals surface area contributed by atoms with Gasteiger partial charge in [0.2, 0.25) is 0 Å². The van der Waals surface area contributed by atoms with E-state index in [0.29, 0.717) is 29.0 Å². The smallest absolute Gasteiger partial charge is 0.308 e. The number of halogens is 3. The molecule has 0 aliphatic carbocycles. The summed E-state index contributed by atoms with van der Waals surface area (Å²) in [6.45, 7) is 0.806. The van der Waals surface area contributed by atoms with Gasteiger partial charge >= 0.3 is 6.18 Å². The summed E-state index contributed by atoms with van der Waals surface area (Å²) in [5.41, 5.74) is 0.373. The van der Waals surface area contributed by atoms with Gasteiger partial charge in [-0.25, -0.2) is 4.98 Å². The van der Waals surface area contributed by atoms with Gasteiger partial charge in [0.25, 0.3) is 5.56 Å². The molecule has 1 N–H and O–H groups in total. The number of hydrogen-bond acceptors (Lipinski definition) is 4. The van der Waals surface area contributed by atoms with E-state index in [1.54, 1.807) is 16.3 Å². The molecular weight excluding hydrogens is 303 g/mol. The van der Waals surface area contributed by atoms with Crippen molar-refractivity contribution in [3.05, 3.63) is 27.6 Å². The predicted molar refractivity (Wildman–Crippen MR) is 74.3 cm³/mol. The second-order valence-corrected chi connectivity index (χ2v) is 6.18. The van der Waals surface area contributed by atoms with Crippen LogP contribution in [0, 0.1) is 5.92 Å². The van der Waals surface area contributed by atoms with Crippen LogP contribution in [0.5, 0.6) is 0 Å². The Bertz CT molecular complexity index is 694. The van der Waals surface area contributed by atoms with Gasteiger partial charge in [0.1, 0.15) is 10.5 Å². The zero-order valence-corrected chi connectivity index (χ0v) is 11.9. The topological polar surface area (TPSA) is 49.0 Å². The summed E-state index contributed by atoms with van der Waals surface area (Å²) in [6, 6.07) is 1.74. The molecular formula is C13H14F3N3OS. The molecule has 0 aromatic carbocycles. The van der Waals surface area contributed by atoms with E-state index in [0.717, 1.165) is 0 Å². The summed E-state index contributed by atoms with van der Waals surface area (Å²) >= 11 is 1.30. The van der Waals surface area contributed by atoms with Crippen molar-refractivity contribution in [2.24, 2.45) is 5.92 Å². The van der Waals surface area contributed by atoms with Gasteiger partial charge in [-0.05, 0) is 30.8 Å². The van der Waals surface area contributed by atoms with Crippen LogP contribution >= 0.6 is 11.3 Å². The summed E-state index contributed by atoms with van der Waals surface area (Å²) in [5.74, 6) is -0.864. The number of H-pyrrole nitrogens is 1. The molecule has 1 saturated heterocycles. The Kier molecular flexibility index (Phi) is 3.75. The third kappa shape index (κ3) is 3.11. The molecule has 0 saturated carbocycles. The molecule has 0 spiro atoms. The first-order valence-electron chi connectivity index (χ1n) is 6.69. The van der Waals surface area contributed by atoms with Gasteiger partial charge in [-0.15, -0.1) is 11.3 Å². The minimum Gasteiger partial charge on any atom is -0.308 e.